The molecule has 0 spiro atoms. The van der Waals surface area contributed by atoms with Gasteiger partial charge in [-0.1, -0.05) is 66.4 Å². The van der Waals surface area contributed by atoms with Crippen LogP contribution in [0.25, 0.3) is 11.4 Å². The predicted molar refractivity (Wildman–Crippen MR) is 112 cm³/mol. The van der Waals surface area contributed by atoms with Crippen molar-refractivity contribution in [2.75, 3.05) is 0 Å². The normalized spacial score (nSPS) is 14.7. The van der Waals surface area contributed by atoms with E-state index in [2.05, 4.69) is 10.1 Å². The van der Waals surface area contributed by atoms with Crippen LogP contribution >= 0.6 is 0 Å². The third kappa shape index (κ3) is 4.39. The monoisotopic (exact) mass is 389 g/mol. The van der Waals surface area contributed by atoms with Gasteiger partial charge in [0.1, 0.15) is 6.54 Å². The van der Waals surface area contributed by atoms with Crippen LogP contribution in [-0.4, -0.2) is 27.0 Å². The summed E-state index contributed by atoms with van der Waals surface area (Å²) in [5.41, 5.74) is 3.81. The van der Waals surface area contributed by atoms with Crippen molar-refractivity contribution in [1.29, 1.82) is 0 Å². The third-order valence-electron chi connectivity index (χ3n) is 5.70. The molecule has 5 nitrogen and oxygen atoms in total. The van der Waals surface area contributed by atoms with Crippen LogP contribution in [0.1, 0.15) is 59.5 Å². The van der Waals surface area contributed by atoms with Crippen LogP contribution in [0.15, 0.2) is 53.1 Å². The summed E-state index contributed by atoms with van der Waals surface area (Å²) in [6, 6.07) is 16.0. The number of hydrogen-bond acceptors (Lipinski definition) is 4. The lowest BCUT2D eigenvalue weighted by molar-refractivity contribution is 0.0585. The number of carbonyl (C=O) groups is 1. The number of carbonyl (C=O) groups excluding carboxylic acids is 1. The van der Waals surface area contributed by atoms with E-state index in [1.54, 1.807) is 0 Å². The fraction of sp³-hybridized carbons (Fsp3) is 0.375. The maximum absolute atomic E-state index is 13.4. The summed E-state index contributed by atoms with van der Waals surface area (Å²) in [5.74, 6) is 1.09. The number of amides is 1. The molecule has 1 aromatic heterocycles. The molecule has 0 radical (unpaired) electrons. The molecule has 1 saturated carbocycles. The fourth-order valence-corrected chi connectivity index (χ4v) is 4.09. The zero-order chi connectivity index (χ0) is 20.2. The van der Waals surface area contributed by atoms with Crippen molar-refractivity contribution in [2.24, 2.45) is 0 Å². The molecule has 29 heavy (non-hydrogen) atoms. The van der Waals surface area contributed by atoms with Gasteiger partial charge in [-0.2, -0.15) is 4.98 Å². The van der Waals surface area contributed by atoms with Crippen molar-refractivity contribution >= 4 is 5.91 Å². The van der Waals surface area contributed by atoms with E-state index in [-0.39, 0.29) is 11.9 Å². The van der Waals surface area contributed by atoms with E-state index in [0.29, 0.717) is 18.3 Å². The van der Waals surface area contributed by atoms with Crippen LogP contribution in [0, 0.1) is 13.8 Å². The van der Waals surface area contributed by atoms with E-state index in [0.717, 1.165) is 47.9 Å². The van der Waals surface area contributed by atoms with Gasteiger partial charge < -0.3 is 9.42 Å². The minimum atomic E-state index is 0.0466. The van der Waals surface area contributed by atoms with Crippen LogP contribution in [0.4, 0.5) is 0 Å². The first-order valence-corrected chi connectivity index (χ1v) is 10.4. The van der Waals surface area contributed by atoms with Gasteiger partial charge in [0.2, 0.25) is 11.7 Å². The summed E-state index contributed by atoms with van der Waals surface area (Å²) in [7, 11) is 0. The summed E-state index contributed by atoms with van der Waals surface area (Å²) in [6.45, 7) is 4.36. The number of nitrogens with zero attached hydrogens (tertiary/aromatic N) is 3. The zero-order valence-electron chi connectivity index (χ0n) is 17.1. The average molecular weight is 389 g/mol. The maximum Gasteiger partial charge on any atom is 0.254 e. The first-order chi connectivity index (χ1) is 14.1. The van der Waals surface area contributed by atoms with E-state index in [1.807, 2.05) is 67.3 Å². The highest BCUT2D eigenvalue weighted by atomic mass is 16.5. The molecule has 2 aromatic carbocycles. The van der Waals surface area contributed by atoms with Crippen molar-refractivity contribution in [2.45, 2.75) is 58.5 Å². The van der Waals surface area contributed by atoms with E-state index in [9.17, 15) is 4.79 Å². The molecule has 0 N–H and O–H groups in total. The van der Waals surface area contributed by atoms with Crippen molar-refractivity contribution in [3.63, 3.8) is 0 Å². The van der Waals surface area contributed by atoms with Gasteiger partial charge in [0.15, 0.2) is 0 Å². The highest BCUT2D eigenvalue weighted by Gasteiger charge is 2.29. The first kappa shape index (κ1) is 19.4. The fourth-order valence-electron chi connectivity index (χ4n) is 4.09. The molecule has 1 fully saturated rings. The van der Waals surface area contributed by atoms with Crippen LogP contribution in [-0.2, 0) is 6.54 Å². The summed E-state index contributed by atoms with van der Waals surface area (Å²) in [5, 5.41) is 4.15. The van der Waals surface area contributed by atoms with Crippen molar-refractivity contribution in [3.8, 4) is 11.4 Å². The molecule has 0 unspecified atom stereocenters. The Balaban J connectivity index is 1.60. The molecule has 1 heterocycles. The Labute approximate surface area is 171 Å². The predicted octanol–water partition coefficient (Wildman–Crippen LogP) is 5.33. The second-order valence-electron chi connectivity index (χ2n) is 7.92. The van der Waals surface area contributed by atoms with Crippen LogP contribution in [0.3, 0.4) is 0 Å². The van der Waals surface area contributed by atoms with Gasteiger partial charge >= 0.3 is 0 Å². The Hall–Kier alpha value is -2.95. The molecule has 4 rings (SSSR count). The lowest BCUT2D eigenvalue weighted by Crippen LogP contribution is -2.41. The van der Waals surface area contributed by atoms with Gasteiger partial charge in [0.05, 0.1) is 0 Å². The largest absolute Gasteiger partial charge is 0.337 e. The number of hydrogen-bond donors (Lipinski definition) is 0. The van der Waals surface area contributed by atoms with E-state index in [1.165, 1.54) is 6.42 Å². The summed E-state index contributed by atoms with van der Waals surface area (Å²) < 4.78 is 5.54. The van der Waals surface area contributed by atoms with E-state index in [4.69, 9.17) is 4.52 Å². The van der Waals surface area contributed by atoms with Crippen LogP contribution in [0.2, 0.25) is 0 Å². The van der Waals surface area contributed by atoms with Crippen molar-refractivity contribution in [3.05, 3.63) is 71.1 Å². The summed E-state index contributed by atoms with van der Waals surface area (Å²) in [6.07, 6.45) is 5.59. The molecule has 0 aliphatic heterocycles. The average Bonchev–Trinajstić information content (AvgIpc) is 3.21. The van der Waals surface area contributed by atoms with Crippen LogP contribution in [0.5, 0.6) is 0 Å². The maximum atomic E-state index is 13.4. The smallest absolute Gasteiger partial charge is 0.254 e. The van der Waals surface area contributed by atoms with Gasteiger partial charge in [-0.05, 0) is 44.4 Å². The minimum absolute atomic E-state index is 0.0466. The molecule has 1 aliphatic carbocycles. The van der Waals surface area contributed by atoms with Gasteiger partial charge in [-0.3, -0.25) is 4.79 Å². The second kappa shape index (κ2) is 8.60. The van der Waals surface area contributed by atoms with Gasteiger partial charge in [-0.25, -0.2) is 0 Å². The van der Waals surface area contributed by atoms with Crippen molar-refractivity contribution in [1.82, 2.24) is 15.0 Å². The second-order valence-corrected chi connectivity index (χ2v) is 7.92. The molecule has 3 aromatic rings. The van der Waals surface area contributed by atoms with Crippen LogP contribution < -0.4 is 0 Å². The van der Waals surface area contributed by atoms with E-state index >= 15 is 0 Å². The topological polar surface area (TPSA) is 59.2 Å². The molecular weight excluding hydrogens is 362 g/mol. The number of aryl methyl sites for hydroxylation is 2. The highest BCUT2D eigenvalue weighted by Crippen LogP contribution is 2.27. The Morgan fingerprint density at radius 2 is 1.86 bits per heavy atom. The lowest BCUT2D eigenvalue weighted by atomic mass is 9.93. The number of benzene rings is 2. The SMILES string of the molecule is Cc1cccc(-c2noc(CN(C(=O)c3ccccc3C)C3CCCCC3)n2)c1. The zero-order valence-corrected chi connectivity index (χ0v) is 17.1. The molecule has 0 atom stereocenters. The Bertz CT molecular complexity index is 989. The number of rotatable bonds is 5. The summed E-state index contributed by atoms with van der Waals surface area (Å²) >= 11 is 0. The molecule has 150 valence electrons. The molecule has 1 amide bonds. The van der Waals surface area contributed by atoms with E-state index < -0.39 is 0 Å². The lowest BCUT2D eigenvalue weighted by Gasteiger charge is -2.33. The highest BCUT2D eigenvalue weighted by molar-refractivity contribution is 5.95. The standard InChI is InChI=1S/C24H27N3O2/c1-17-9-8-11-19(15-17)23-25-22(29-26-23)16-27(20-12-4-3-5-13-20)24(28)21-14-7-6-10-18(21)2/h6-11,14-15,20H,3-5,12-13,16H2,1-2H3. The van der Waals surface area contributed by atoms with Gasteiger partial charge in [0.25, 0.3) is 5.91 Å². The van der Waals surface area contributed by atoms with Crippen molar-refractivity contribution < 1.29 is 9.32 Å². The number of aromatic nitrogens is 2. The molecule has 5 heteroatoms. The van der Waals surface area contributed by atoms with Gasteiger partial charge in [0, 0.05) is 17.2 Å². The third-order valence-corrected chi connectivity index (χ3v) is 5.70. The van der Waals surface area contributed by atoms with Gasteiger partial charge in [-0.15, -0.1) is 0 Å². The molecule has 1 aliphatic rings. The summed E-state index contributed by atoms with van der Waals surface area (Å²) in [4.78, 5) is 19.9. The molecule has 0 saturated heterocycles. The quantitative estimate of drug-likeness (QED) is 0.592. The molecule has 0 bridgehead atoms. The molecular formula is C24H27N3O2. The minimum Gasteiger partial charge on any atom is -0.337 e. The Kier molecular flexibility index (Phi) is 5.74. The Morgan fingerprint density at radius 1 is 1.07 bits per heavy atom. The first-order valence-electron chi connectivity index (χ1n) is 10.4. The Morgan fingerprint density at radius 3 is 2.62 bits per heavy atom.